The molecule has 4 aromatic carbocycles. The summed E-state index contributed by atoms with van der Waals surface area (Å²) in [7, 11) is -4.10. The Morgan fingerprint density at radius 2 is 0.889 bits per heavy atom. The van der Waals surface area contributed by atoms with Gasteiger partial charge in [0.15, 0.2) is 0 Å². The Labute approximate surface area is 347 Å². The highest BCUT2D eigenvalue weighted by Crippen LogP contribution is 2.49. The predicted octanol–water partition coefficient (Wildman–Crippen LogP) is 14.0. The van der Waals surface area contributed by atoms with E-state index in [0.717, 1.165) is 12.8 Å². The maximum absolute atomic E-state index is 14.8. The fraction of sp³-hybridized carbons (Fsp3) is 0.333. The molecule has 0 aromatic heterocycles. The molecular formula is C30H24Br10O4S. The highest BCUT2D eigenvalue weighted by Gasteiger charge is 2.30. The van der Waals surface area contributed by atoms with E-state index in [4.69, 9.17) is 9.47 Å². The minimum absolute atomic E-state index is 0.0446. The monoisotopic (exact) mass is 1270 g/mol. The summed E-state index contributed by atoms with van der Waals surface area (Å²) in [5.74, 6) is 1.08. The number of hydrogen-bond donors (Lipinski definition) is 0. The Hall–Kier alpha value is 1.75. The molecule has 0 spiro atoms. The van der Waals surface area contributed by atoms with Gasteiger partial charge in [-0.1, -0.05) is 141 Å². The quantitative estimate of drug-likeness (QED) is 0.133. The third-order valence-corrected chi connectivity index (χ3v) is 18.4. The van der Waals surface area contributed by atoms with Crippen molar-refractivity contribution in [3.63, 3.8) is 0 Å². The Morgan fingerprint density at radius 1 is 0.533 bits per heavy atom. The SMILES string of the molecule is CCC(Br)C(Br)COc1c(Br)cc(Br)c2c(S(=O)(=O)c3ccc(Br)c4c(OCC(Br)C(Br)CC)c(Br)cc(Br)c34)ccc(Br)c12. The molecule has 4 unspecified atom stereocenters. The van der Waals surface area contributed by atoms with E-state index in [-0.39, 0.29) is 29.1 Å². The largest absolute Gasteiger partial charge is 0.491 e. The summed E-state index contributed by atoms with van der Waals surface area (Å²) in [6.07, 6.45) is 1.83. The lowest BCUT2D eigenvalue weighted by molar-refractivity contribution is 0.318. The molecule has 0 aliphatic heterocycles. The van der Waals surface area contributed by atoms with Gasteiger partial charge in [-0.25, -0.2) is 8.42 Å². The van der Waals surface area contributed by atoms with Crippen molar-refractivity contribution in [1.82, 2.24) is 0 Å². The molecule has 0 radical (unpaired) electrons. The number of rotatable bonds is 12. The molecule has 4 rings (SSSR count). The summed E-state index contributed by atoms with van der Waals surface area (Å²) in [6, 6.07) is 10.4. The Morgan fingerprint density at radius 3 is 1.22 bits per heavy atom. The second-order valence-corrected chi connectivity index (χ2v) is 21.7. The van der Waals surface area contributed by atoms with Crippen LogP contribution in [0.4, 0.5) is 0 Å². The molecule has 0 saturated heterocycles. The van der Waals surface area contributed by atoms with Gasteiger partial charge in [0.05, 0.1) is 28.4 Å². The highest BCUT2D eigenvalue weighted by atomic mass is 79.9. The Kier molecular flexibility index (Phi) is 14.8. The van der Waals surface area contributed by atoms with Gasteiger partial charge in [-0.2, -0.15) is 0 Å². The normalized spacial score (nSPS) is 14.8. The van der Waals surface area contributed by atoms with E-state index in [1.807, 2.05) is 12.1 Å². The zero-order chi connectivity index (χ0) is 33.4. The molecule has 0 heterocycles. The van der Waals surface area contributed by atoms with Crippen LogP contribution >= 0.6 is 159 Å². The number of sulfone groups is 1. The van der Waals surface area contributed by atoms with Crippen molar-refractivity contribution in [2.45, 2.75) is 55.8 Å². The number of halogens is 10. The molecule has 15 heteroatoms. The van der Waals surface area contributed by atoms with Crippen molar-refractivity contribution < 1.29 is 17.9 Å². The standard InChI is InChI=1S/C30H24Br10O4S/c1-3-13(31)21(39)11-43-29-19(37)9-17(35)25-23(7-5-15(33)27(25)29)45(41,42)24-8-6-16(34)28-26(24)18(36)10-20(38)30(28)44-12-22(40)14(32)4-2/h5-10,13-14,21-22H,3-4,11-12H2,1-2H3. The first-order valence-corrected chi connectivity index (χ1v) is 23.3. The van der Waals surface area contributed by atoms with Gasteiger partial charge in [0.1, 0.15) is 24.7 Å². The minimum atomic E-state index is -4.10. The second-order valence-electron chi connectivity index (χ2n) is 9.94. The molecule has 4 nitrogen and oxygen atoms in total. The topological polar surface area (TPSA) is 52.6 Å². The van der Waals surface area contributed by atoms with Crippen LogP contribution in [0.25, 0.3) is 21.5 Å². The lowest BCUT2D eigenvalue weighted by Gasteiger charge is -2.21. The number of fused-ring (bicyclic) bond motifs is 2. The van der Waals surface area contributed by atoms with Crippen molar-refractivity contribution in [3.05, 3.63) is 63.2 Å². The number of ether oxygens (including phenoxy) is 2. The molecule has 244 valence electrons. The van der Waals surface area contributed by atoms with Gasteiger partial charge in [-0.15, -0.1) is 0 Å². The van der Waals surface area contributed by atoms with Crippen molar-refractivity contribution in [1.29, 1.82) is 0 Å². The molecule has 0 aliphatic carbocycles. The van der Waals surface area contributed by atoms with Gasteiger partial charge in [-0.3, -0.25) is 0 Å². The van der Waals surface area contributed by atoms with E-state index in [1.165, 1.54) is 0 Å². The van der Waals surface area contributed by atoms with E-state index >= 15 is 0 Å². The van der Waals surface area contributed by atoms with E-state index in [2.05, 4.69) is 173 Å². The van der Waals surface area contributed by atoms with Crippen LogP contribution in [0.1, 0.15) is 26.7 Å². The third kappa shape index (κ3) is 8.46. The molecular weight excluding hydrogens is 1260 g/mol. The van der Waals surface area contributed by atoms with Gasteiger partial charge in [-0.05, 0) is 81.1 Å². The average Bonchev–Trinajstić information content (AvgIpc) is 2.99. The third-order valence-electron chi connectivity index (χ3n) is 7.02. The van der Waals surface area contributed by atoms with Crippen LogP contribution in [0.3, 0.4) is 0 Å². The van der Waals surface area contributed by atoms with Crippen molar-refractivity contribution >= 4 is 191 Å². The van der Waals surface area contributed by atoms with Gasteiger partial charge >= 0.3 is 0 Å². The van der Waals surface area contributed by atoms with Crippen LogP contribution in [0.15, 0.2) is 73.0 Å². The first-order chi connectivity index (χ1) is 21.1. The highest BCUT2D eigenvalue weighted by molar-refractivity contribution is 9.13. The van der Waals surface area contributed by atoms with Crippen LogP contribution in [0.5, 0.6) is 11.5 Å². The van der Waals surface area contributed by atoms with Gasteiger partial charge < -0.3 is 9.47 Å². The summed E-state index contributed by atoms with van der Waals surface area (Å²) in [6.45, 7) is 4.92. The molecule has 0 fully saturated rings. The lowest BCUT2D eigenvalue weighted by Crippen LogP contribution is -2.21. The zero-order valence-corrected chi connectivity index (χ0v) is 40.1. The lowest BCUT2D eigenvalue weighted by atomic mass is 10.1. The Bertz CT molecular complexity index is 1720. The van der Waals surface area contributed by atoms with E-state index in [1.54, 1.807) is 24.3 Å². The average molecular weight is 1280 g/mol. The van der Waals surface area contributed by atoms with E-state index in [9.17, 15) is 8.42 Å². The summed E-state index contributed by atoms with van der Waals surface area (Å²) in [5, 5.41) is 2.28. The molecule has 4 aromatic rings. The molecule has 4 atom stereocenters. The molecule has 0 saturated carbocycles. The minimum Gasteiger partial charge on any atom is -0.491 e. The smallest absolute Gasteiger partial charge is 0.207 e. The first-order valence-electron chi connectivity index (χ1n) is 13.4. The van der Waals surface area contributed by atoms with Crippen molar-refractivity contribution in [3.8, 4) is 11.5 Å². The number of alkyl halides is 4. The molecule has 0 bridgehead atoms. The predicted molar refractivity (Wildman–Crippen MR) is 222 cm³/mol. The number of hydrogen-bond acceptors (Lipinski definition) is 4. The zero-order valence-electron chi connectivity index (χ0n) is 23.4. The van der Waals surface area contributed by atoms with Crippen LogP contribution in [0, 0.1) is 0 Å². The molecule has 45 heavy (non-hydrogen) atoms. The summed E-state index contributed by atoms with van der Waals surface area (Å²) >= 11 is 36.7. The first kappa shape index (κ1) is 39.5. The second kappa shape index (κ2) is 16.8. The molecule has 0 aliphatic rings. The van der Waals surface area contributed by atoms with Gasteiger partial charge in [0.25, 0.3) is 0 Å². The van der Waals surface area contributed by atoms with Crippen molar-refractivity contribution in [2.75, 3.05) is 13.2 Å². The molecule has 0 N–H and O–H groups in total. The fourth-order valence-electron chi connectivity index (χ4n) is 4.67. The summed E-state index contributed by atoms with van der Waals surface area (Å²) < 4.78 is 46.2. The maximum Gasteiger partial charge on any atom is 0.207 e. The van der Waals surface area contributed by atoms with Crippen LogP contribution in [0.2, 0.25) is 0 Å². The van der Waals surface area contributed by atoms with Gasteiger partial charge in [0, 0.05) is 49.1 Å². The number of benzene rings is 4. The van der Waals surface area contributed by atoms with E-state index < -0.39 is 9.84 Å². The van der Waals surface area contributed by atoms with Crippen LogP contribution in [-0.4, -0.2) is 40.9 Å². The van der Waals surface area contributed by atoms with Gasteiger partial charge in [0.2, 0.25) is 9.84 Å². The van der Waals surface area contributed by atoms with E-state index in [0.29, 0.717) is 73.1 Å². The summed E-state index contributed by atoms with van der Waals surface area (Å²) in [5.41, 5.74) is 0. The fourth-order valence-corrected chi connectivity index (χ4v) is 11.9. The van der Waals surface area contributed by atoms with Crippen LogP contribution in [-0.2, 0) is 9.84 Å². The van der Waals surface area contributed by atoms with Crippen molar-refractivity contribution in [2.24, 2.45) is 0 Å². The van der Waals surface area contributed by atoms with Crippen LogP contribution < -0.4 is 9.47 Å². The molecule has 0 amide bonds. The Balaban J connectivity index is 1.94. The maximum atomic E-state index is 14.8. The summed E-state index contributed by atoms with van der Waals surface area (Å²) in [4.78, 5) is 0.788.